The van der Waals surface area contributed by atoms with Gasteiger partial charge in [-0.2, -0.15) is 0 Å². The van der Waals surface area contributed by atoms with Crippen LogP contribution >= 0.6 is 0 Å². The molecule has 6 heteroatoms. The normalized spacial score (nSPS) is 12.6. The Bertz CT molecular complexity index is 1350. The van der Waals surface area contributed by atoms with Crippen LogP contribution in [0.2, 0.25) is 0 Å². The third-order valence-corrected chi connectivity index (χ3v) is 18.8. The van der Waals surface area contributed by atoms with Gasteiger partial charge in [-0.25, -0.2) is 0 Å². The van der Waals surface area contributed by atoms with Crippen LogP contribution < -0.4 is 5.32 Å². The third-order valence-electron chi connectivity index (χ3n) is 18.8. The van der Waals surface area contributed by atoms with Gasteiger partial charge >= 0.3 is 5.97 Å². The molecule has 0 radical (unpaired) electrons. The maximum absolute atomic E-state index is 12.5. The molecule has 0 aliphatic rings. The van der Waals surface area contributed by atoms with Crippen LogP contribution in [0.5, 0.6) is 0 Å². The van der Waals surface area contributed by atoms with Crippen LogP contribution in [-0.4, -0.2) is 47.4 Å². The summed E-state index contributed by atoms with van der Waals surface area (Å²) < 4.78 is 5.52. The fraction of sp³-hybridized carbons (Fsp3) is 0.925. The Hall–Kier alpha value is -1.66. The molecule has 1 amide bonds. The summed E-state index contributed by atoms with van der Waals surface area (Å²) >= 11 is 0. The summed E-state index contributed by atoms with van der Waals surface area (Å²) in [4.78, 5) is 24.6. The van der Waals surface area contributed by atoms with E-state index in [1.165, 1.54) is 372 Å². The van der Waals surface area contributed by atoms with E-state index in [-0.39, 0.29) is 18.5 Å². The summed E-state index contributed by atoms with van der Waals surface area (Å²) in [5, 5.41) is 23.4. The number of hydrogen-bond donors (Lipinski definition) is 3. The first kappa shape index (κ1) is 84.3. The Kier molecular flexibility index (Phi) is 74.3. The fourth-order valence-corrected chi connectivity index (χ4v) is 12.7. The predicted octanol–water partition coefficient (Wildman–Crippen LogP) is 26.0. The average molecular weight is 1210 g/mol. The van der Waals surface area contributed by atoms with Gasteiger partial charge in [-0.15, -0.1) is 0 Å². The highest BCUT2D eigenvalue weighted by molar-refractivity contribution is 5.76. The maximum atomic E-state index is 12.5. The van der Waals surface area contributed by atoms with Gasteiger partial charge in [0, 0.05) is 12.8 Å². The van der Waals surface area contributed by atoms with E-state index < -0.39 is 12.1 Å². The maximum Gasteiger partial charge on any atom is 0.305 e. The summed E-state index contributed by atoms with van der Waals surface area (Å²) in [5.41, 5.74) is 0. The number of aliphatic hydroxyl groups is 2. The van der Waals surface area contributed by atoms with E-state index in [1.54, 1.807) is 0 Å². The van der Waals surface area contributed by atoms with Crippen LogP contribution in [0.3, 0.4) is 0 Å². The number of amides is 1. The van der Waals surface area contributed by atoms with Gasteiger partial charge in [0.2, 0.25) is 5.91 Å². The summed E-state index contributed by atoms with van der Waals surface area (Å²) in [6.07, 6.45) is 97.0. The quantitative estimate of drug-likeness (QED) is 0.0320. The minimum absolute atomic E-state index is 0.0197. The van der Waals surface area contributed by atoms with Crippen molar-refractivity contribution in [1.82, 2.24) is 5.32 Å². The lowest BCUT2D eigenvalue weighted by molar-refractivity contribution is -0.143. The first-order chi connectivity index (χ1) is 42.5. The number of carbonyl (C=O) groups is 2. The Morgan fingerprint density at radius 2 is 0.581 bits per heavy atom. The number of rotatable bonds is 75. The second-order valence-corrected chi connectivity index (χ2v) is 27.4. The van der Waals surface area contributed by atoms with Gasteiger partial charge < -0.3 is 20.3 Å². The molecule has 86 heavy (non-hydrogen) atoms. The Morgan fingerprint density at radius 1 is 0.326 bits per heavy atom. The van der Waals surface area contributed by atoms with E-state index in [4.69, 9.17) is 4.74 Å². The number of nitrogens with one attached hydrogen (secondary N) is 1. The zero-order valence-corrected chi connectivity index (χ0v) is 58.6. The predicted molar refractivity (Wildman–Crippen MR) is 380 cm³/mol. The van der Waals surface area contributed by atoms with Crippen LogP contribution in [0, 0.1) is 0 Å². The number of allylic oxidation sites excluding steroid dienone is 4. The molecule has 0 saturated heterocycles. The largest absolute Gasteiger partial charge is 0.466 e. The molecule has 0 aromatic heterocycles. The van der Waals surface area contributed by atoms with Crippen LogP contribution in [0.15, 0.2) is 24.3 Å². The van der Waals surface area contributed by atoms with Crippen LogP contribution in [0.25, 0.3) is 0 Å². The van der Waals surface area contributed by atoms with Crippen molar-refractivity contribution in [3.63, 3.8) is 0 Å². The topological polar surface area (TPSA) is 95.9 Å². The molecule has 0 aromatic rings. The van der Waals surface area contributed by atoms with Crippen molar-refractivity contribution in [2.75, 3.05) is 13.2 Å². The molecule has 2 unspecified atom stereocenters. The van der Waals surface area contributed by atoms with Crippen molar-refractivity contribution in [2.45, 2.75) is 463 Å². The van der Waals surface area contributed by atoms with Gasteiger partial charge in [-0.3, -0.25) is 9.59 Å². The van der Waals surface area contributed by atoms with Gasteiger partial charge in [-0.05, 0) is 57.8 Å². The molecule has 0 aliphatic carbocycles. The second kappa shape index (κ2) is 75.8. The van der Waals surface area contributed by atoms with Crippen molar-refractivity contribution in [1.29, 1.82) is 0 Å². The molecule has 0 aromatic carbocycles. The van der Waals surface area contributed by atoms with Crippen LogP contribution in [0.4, 0.5) is 0 Å². The average Bonchev–Trinajstić information content (AvgIpc) is 3.54. The van der Waals surface area contributed by atoms with Crippen molar-refractivity contribution >= 4 is 11.9 Å². The number of ether oxygens (including phenoxy) is 1. The highest BCUT2D eigenvalue weighted by Crippen LogP contribution is 2.20. The molecule has 0 saturated carbocycles. The van der Waals surface area contributed by atoms with Gasteiger partial charge in [0.25, 0.3) is 0 Å². The van der Waals surface area contributed by atoms with E-state index in [2.05, 4.69) is 43.5 Å². The van der Waals surface area contributed by atoms with Crippen molar-refractivity contribution in [2.24, 2.45) is 0 Å². The van der Waals surface area contributed by atoms with Crippen molar-refractivity contribution in [3.8, 4) is 0 Å². The molecule has 0 heterocycles. The number of carbonyl (C=O) groups excluding carboxylic acids is 2. The minimum atomic E-state index is -0.660. The van der Waals surface area contributed by atoms with E-state index >= 15 is 0 Å². The summed E-state index contributed by atoms with van der Waals surface area (Å²) in [6.45, 7) is 4.97. The molecule has 2 atom stereocenters. The number of aliphatic hydroxyl groups excluding tert-OH is 2. The lowest BCUT2D eigenvalue weighted by atomic mass is 10.0. The van der Waals surface area contributed by atoms with Gasteiger partial charge in [0.05, 0.1) is 25.4 Å². The summed E-state index contributed by atoms with van der Waals surface area (Å²) in [5.74, 6) is -0.00630. The lowest BCUT2D eigenvalue weighted by Crippen LogP contribution is -2.45. The molecular formula is C80H155NO5. The molecule has 3 N–H and O–H groups in total. The monoisotopic (exact) mass is 1210 g/mol. The molecular weight excluding hydrogens is 1050 g/mol. The van der Waals surface area contributed by atoms with Crippen LogP contribution in [-0.2, 0) is 14.3 Å². The van der Waals surface area contributed by atoms with E-state index in [9.17, 15) is 19.8 Å². The number of esters is 1. The first-order valence-corrected chi connectivity index (χ1v) is 39.6. The van der Waals surface area contributed by atoms with E-state index in [1.807, 2.05) is 0 Å². The Balaban J connectivity index is 3.29. The minimum Gasteiger partial charge on any atom is -0.466 e. The van der Waals surface area contributed by atoms with Gasteiger partial charge in [0.15, 0.2) is 0 Å². The molecule has 6 nitrogen and oxygen atoms in total. The standard InChI is InChI=1S/C80H155NO5/c1-3-5-7-9-11-13-15-17-19-20-38-42-46-50-54-58-62-66-70-74-80(85)86-75-71-67-63-59-55-51-47-43-40-37-35-33-31-29-27-25-23-21-22-24-26-28-30-32-34-36-39-41-45-49-53-57-61-65-69-73-79(84)81-77(76-82)78(83)72-68-64-60-56-52-48-44-18-16-14-12-10-8-6-4-2/h11,13,17,19,77-78,82-83H,3-10,12,14-16,18,20-76H2,1-2H3,(H,81,84)/b13-11-,19-17-. The van der Waals surface area contributed by atoms with E-state index in [0.717, 1.165) is 44.9 Å². The van der Waals surface area contributed by atoms with Gasteiger partial charge in [0.1, 0.15) is 0 Å². The molecule has 0 spiro atoms. The summed E-state index contributed by atoms with van der Waals surface area (Å²) in [7, 11) is 0. The van der Waals surface area contributed by atoms with Crippen LogP contribution in [0.1, 0.15) is 450 Å². The fourth-order valence-electron chi connectivity index (χ4n) is 12.7. The van der Waals surface area contributed by atoms with Crippen molar-refractivity contribution in [3.05, 3.63) is 24.3 Å². The lowest BCUT2D eigenvalue weighted by Gasteiger charge is -2.22. The van der Waals surface area contributed by atoms with E-state index in [0.29, 0.717) is 25.9 Å². The van der Waals surface area contributed by atoms with Gasteiger partial charge in [-0.1, -0.05) is 404 Å². The molecule has 0 fully saturated rings. The highest BCUT2D eigenvalue weighted by Gasteiger charge is 2.20. The Morgan fingerprint density at radius 3 is 0.907 bits per heavy atom. The van der Waals surface area contributed by atoms with Crippen molar-refractivity contribution < 1.29 is 24.5 Å². The smallest absolute Gasteiger partial charge is 0.305 e. The Labute approximate surface area is 539 Å². The summed E-state index contributed by atoms with van der Waals surface area (Å²) in [6, 6.07) is -0.537. The zero-order valence-electron chi connectivity index (χ0n) is 58.6. The molecule has 0 bridgehead atoms. The molecule has 0 rings (SSSR count). The number of unbranched alkanes of at least 4 members (excludes halogenated alkanes) is 60. The third kappa shape index (κ3) is 71.4. The molecule has 0 aliphatic heterocycles. The highest BCUT2D eigenvalue weighted by atomic mass is 16.5. The molecule has 510 valence electrons. The SMILES string of the molecule is CCCCC/C=C\C/C=C\CCCCCCCCCCCC(=O)OCCCCCCCCCCCCCCCCCCCCCCCCCCCCCCCCCCCCCC(=O)NC(CO)C(O)CCCCCCCCCCCCCCCCC. The number of hydrogen-bond acceptors (Lipinski definition) is 5. The second-order valence-electron chi connectivity index (χ2n) is 27.4. The first-order valence-electron chi connectivity index (χ1n) is 39.6. The zero-order chi connectivity index (χ0) is 62.0.